The van der Waals surface area contributed by atoms with Crippen molar-refractivity contribution < 1.29 is 9.59 Å². The van der Waals surface area contributed by atoms with E-state index < -0.39 is 0 Å². The van der Waals surface area contributed by atoms with Crippen molar-refractivity contribution in [3.63, 3.8) is 0 Å². The zero-order valence-corrected chi connectivity index (χ0v) is 13.5. The fourth-order valence-corrected chi connectivity index (χ4v) is 2.96. The Balaban J connectivity index is 2.11. The molecule has 5 nitrogen and oxygen atoms in total. The van der Waals surface area contributed by atoms with Crippen LogP contribution in [0.15, 0.2) is 30.3 Å². The zero-order chi connectivity index (χ0) is 16.3. The standard InChI is InChI=1S/C17H25N3O2/c1-12(15(18)13-8-5-4-6-9-13)16(21)20-11-7-10-14(20)17(22)19(2)3/h4-6,8-9,12,14-15H,7,10-11,18H2,1-3H3/t12-,14+,15+/m0/s1. The van der Waals surface area contributed by atoms with E-state index in [4.69, 9.17) is 5.73 Å². The third kappa shape index (κ3) is 3.30. The van der Waals surface area contributed by atoms with Gasteiger partial charge in [0.2, 0.25) is 11.8 Å². The second kappa shape index (κ2) is 6.92. The minimum Gasteiger partial charge on any atom is -0.347 e. The minimum atomic E-state index is -0.357. The Labute approximate surface area is 132 Å². The molecule has 1 heterocycles. The van der Waals surface area contributed by atoms with Gasteiger partial charge in [-0.25, -0.2) is 0 Å². The van der Waals surface area contributed by atoms with Gasteiger partial charge in [0.05, 0.1) is 5.92 Å². The number of benzene rings is 1. The highest BCUT2D eigenvalue weighted by atomic mass is 16.2. The van der Waals surface area contributed by atoms with Crippen LogP contribution in [-0.4, -0.2) is 48.3 Å². The Bertz CT molecular complexity index is 530. The van der Waals surface area contributed by atoms with Crippen LogP contribution in [0.25, 0.3) is 0 Å². The molecule has 1 aromatic carbocycles. The van der Waals surface area contributed by atoms with Gasteiger partial charge in [-0.1, -0.05) is 37.3 Å². The number of carbonyl (C=O) groups is 2. The monoisotopic (exact) mass is 303 g/mol. The van der Waals surface area contributed by atoms with Crippen LogP contribution in [0.5, 0.6) is 0 Å². The lowest BCUT2D eigenvalue weighted by atomic mass is 9.94. The first-order valence-electron chi connectivity index (χ1n) is 7.75. The summed E-state index contributed by atoms with van der Waals surface area (Å²) < 4.78 is 0. The molecule has 1 aromatic rings. The lowest BCUT2D eigenvalue weighted by molar-refractivity contribution is -0.144. The molecule has 0 radical (unpaired) electrons. The molecule has 2 N–H and O–H groups in total. The molecule has 0 bridgehead atoms. The van der Waals surface area contributed by atoms with Gasteiger partial charge < -0.3 is 15.5 Å². The van der Waals surface area contributed by atoms with Crippen molar-refractivity contribution in [2.45, 2.75) is 31.8 Å². The number of likely N-dealkylation sites (tertiary alicyclic amines) is 1. The van der Waals surface area contributed by atoms with E-state index in [0.717, 1.165) is 18.4 Å². The lowest BCUT2D eigenvalue weighted by Gasteiger charge is -2.30. The van der Waals surface area contributed by atoms with E-state index in [1.165, 1.54) is 0 Å². The van der Waals surface area contributed by atoms with Gasteiger partial charge in [-0.15, -0.1) is 0 Å². The van der Waals surface area contributed by atoms with Crippen molar-refractivity contribution in [2.24, 2.45) is 11.7 Å². The molecule has 5 heteroatoms. The number of nitrogens with two attached hydrogens (primary N) is 1. The van der Waals surface area contributed by atoms with Gasteiger partial charge in [-0.2, -0.15) is 0 Å². The third-order valence-electron chi connectivity index (χ3n) is 4.37. The van der Waals surface area contributed by atoms with Gasteiger partial charge in [-0.3, -0.25) is 9.59 Å². The SMILES string of the molecule is C[C@H](C(=O)N1CCC[C@@H]1C(=O)N(C)C)[C@@H](N)c1ccccc1. The van der Waals surface area contributed by atoms with Gasteiger partial charge in [0.1, 0.15) is 6.04 Å². The Morgan fingerprint density at radius 3 is 2.50 bits per heavy atom. The van der Waals surface area contributed by atoms with Crippen molar-refractivity contribution in [3.8, 4) is 0 Å². The second-order valence-corrected chi connectivity index (χ2v) is 6.15. The van der Waals surface area contributed by atoms with Crippen LogP contribution in [0, 0.1) is 5.92 Å². The smallest absolute Gasteiger partial charge is 0.244 e. The molecule has 1 aliphatic heterocycles. The van der Waals surface area contributed by atoms with Crippen molar-refractivity contribution in [1.29, 1.82) is 0 Å². The van der Waals surface area contributed by atoms with Crippen LogP contribution in [0.4, 0.5) is 0 Å². The van der Waals surface area contributed by atoms with Gasteiger partial charge in [0.25, 0.3) is 0 Å². The lowest BCUT2D eigenvalue weighted by Crippen LogP contribution is -2.48. The highest BCUT2D eigenvalue weighted by Crippen LogP contribution is 2.26. The molecular weight excluding hydrogens is 278 g/mol. The number of rotatable bonds is 4. The predicted octanol–water partition coefficient (Wildman–Crippen LogP) is 1.40. The van der Waals surface area contributed by atoms with Crippen molar-refractivity contribution in [2.75, 3.05) is 20.6 Å². The van der Waals surface area contributed by atoms with Crippen molar-refractivity contribution in [1.82, 2.24) is 9.80 Å². The summed E-state index contributed by atoms with van der Waals surface area (Å²) in [5.41, 5.74) is 7.19. The van der Waals surface area contributed by atoms with Crippen LogP contribution in [0.3, 0.4) is 0 Å². The summed E-state index contributed by atoms with van der Waals surface area (Å²) in [6.45, 7) is 2.48. The van der Waals surface area contributed by atoms with Crippen LogP contribution in [0.2, 0.25) is 0 Å². The molecule has 0 aromatic heterocycles. The van der Waals surface area contributed by atoms with Crippen molar-refractivity contribution in [3.05, 3.63) is 35.9 Å². The van der Waals surface area contributed by atoms with Crippen LogP contribution in [0.1, 0.15) is 31.4 Å². The largest absolute Gasteiger partial charge is 0.347 e. The van der Waals surface area contributed by atoms with Crippen LogP contribution < -0.4 is 5.73 Å². The molecule has 0 spiro atoms. The summed E-state index contributed by atoms with van der Waals surface area (Å²) in [5, 5.41) is 0. The maximum absolute atomic E-state index is 12.8. The highest BCUT2D eigenvalue weighted by molar-refractivity contribution is 5.89. The molecule has 22 heavy (non-hydrogen) atoms. The summed E-state index contributed by atoms with van der Waals surface area (Å²) in [7, 11) is 3.45. The molecule has 120 valence electrons. The molecule has 2 rings (SSSR count). The average Bonchev–Trinajstić information content (AvgIpc) is 3.02. The highest BCUT2D eigenvalue weighted by Gasteiger charge is 2.38. The Morgan fingerprint density at radius 2 is 1.91 bits per heavy atom. The van der Waals surface area contributed by atoms with E-state index in [2.05, 4.69) is 0 Å². The molecule has 2 amide bonds. The Hall–Kier alpha value is -1.88. The summed E-state index contributed by atoms with van der Waals surface area (Å²) >= 11 is 0. The number of nitrogens with zero attached hydrogens (tertiary/aromatic N) is 2. The second-order valence-electron chi connectivity index (χ2n) is 6.15. The molecule has 0 aliphatic carbocycles. The summed E-state index contributed by atoms with van der Waals surface area (Å²) in [5.74, 6) is -0.390. The fourth-order valence-electron chi connectivity index (χ4n) is 2.96. The number of hydrogen-bond donors (Lipinski definition) is 1. The Morgan fingerprint density at radius 1 is 1.27 bits per heavy atom. The maximum Gasteiger partial charge on any atom is 0.244 e. The van der Waals surface area contributed by atoms with Crippen LogP contribution in [-0.2, 0) is 9.59 Å². The summed E-state index contributed by atoms with van der Waals surface area (Å²) in [6, 6.07) is 8.93. The van der Waals surface area contributed by atoms with E-state index in [0.29, 0.717) is 6.54 Å². The molecule has 1 aliphatic rings. The normalized spacial score (nSPS) is 20.5. The van der Waals surface area contributed by atoms with E-state index in [-0.39, 0.29) is 29.8 Å². The van der Waals surface area contributed by atoms with E-state index in [9.17, 15) is 9.59 Å². The molecule has 3 atom stereocenters. The van der Waals surface area contributed by atoms with Crippen molar-refractivity contribution >= 4 is 11.8 Å². The fraction of sp³-hybridized carbons (Fsp3) is 0.529. The molecule has 1 fully saturated rings. The Kier molecular flexibility index (Phi) is 5.19. The average molecular weight is 303 g/mol. The van der Waals surface area contributed by atoms with Gasteiger partial charge in [-0.05, 0) is 18.4 Å². The van der Waals surface area contributed by atoms with E-state index in [1.807, 2.05) is 37.3 Å². The minimum absolute atomic E-state index is 0.00803. The molecular formula is C17H25N3O2. The van der Waals surface area contributed by atoms with Crippen LogP contribution >= 0.6 is 0 Å². The molecule has 0 saturated carbocycles. The predicted molar refractivity (Wildman–Crippen MR) is 86.0 cm³/mol. The summed E-state index contributed by atoms with van der Waals surface area (Å²) in [6.07, 6.45) is 1.60. The quantitative estimate of drug-likeness (QED) is 0.914. The van der Waals surface area contributed by atoms with Gasteiger partial charge in [0.15, 0.2) is 0 Å². The first-order chi connectivity index (χ1) is 10.4. The van der Waals surface area contributed by atoms with E-state index >= 15 is 0 Å². The van der Waals surface area contributed by atoms with Gasteiger partial charge in [0, 0.05) is 26.7 Å². The topological polar surface area (TPSA) is 66.6 Å². The molecule has 1 saturated heterocycles. The number of amides is 2. The maximum atomic E-state index is 12.8. The first kappa shape index (κ1) is 16.5. The van der Waals surface area contributed by atoms with Gasteiger partial charge >= 0.3 is 0 Å². The third-order valence-corrected chi connectivity index (χ3v) is 4.37. The summed E-state index contributed by atoms with van der Waals surface area (Å²) in [4.78, 5) is 28.3. The number of likely N-dealkylation sites (N-methyl/N-ethyl adjacent to an activating group) is 1. The molecule has 0 unspecified atom stereocenters. The zero-order valence-electron chi connectivity index (χ0n) is 13.5. The first-order valence-corrected chi connectivity index (χ1v) is 7.75. The number of hydrogen-bond acceptors (Lipinski definition) is 3. The van der Waals surface area contributed by atoms with E-state index in [1.54, 1.807) is 23.9 Å². The number of carbonyl (C=O) groups excluding carboxylic acids is 2.